The monoisotopic (exact) mass is 371 g/mol. The van der Waals surface area contributed by atoms with Crippen LogP contribution in [0.4, 0.5) is 0 Å². The smallest absolute Gasteiger partial charge is 0.163 e. The van der Waals surface area contributed by atoms with E-state index in [1.165, 1.54) is 11.1 Å². The highest BCUT2D eigenvalue weighted by Crippen LogP contribution is 2.21. The Labute approximate surface area is 166 Å². The predicted molar refractivity (Wildman–Crippen MR) is 110 cm³/mol. The van der Waals surface area contributed by atoms with Gasteiger partial charge in [-0.2, -0.15) is 5.26 Å². The third-order valence-electron chi connectivity index (χ3n) is 5.55. The van der Waals surface area contributed by atoms with Crippen LogP contribution in [-0.4, -0.2) is 32.8 Å². The zero-order valence-corrected chi connectivity index (χ0v) is 16.3. The second-order valence-electron chi connectivity index (χ2n) is 7.44. The van der Waals surface area contributed by atoms with Gasteiger partial charge in [-0.05, 0) is 49.1 Å². The lowest BCUT2D eigenvalue weighted by Crippen LogP contribution is -2.31. The van der Waals surface area contributed by atoms with Crippen LogP contribution in [0.1, 0.15) is 35.4 Å². The van der Waals surface area contributed by atoms with E-state index in [1.807, 2.05) is 37.4 Å². The van der Waals surface area contributed by atoms with E-state index in [9.17, 15) is 0 Å². The number of unbranched alkanes of at least 4 members (excludes halogenated alkanes) is 1. The van der Waals surface area contributed by atoms with Crippen molar-refractivity contribution in [3.63, 3.8) is 0 Å². The summed E-state index contributed by atoms with van der Waals surface area (Å²) in [5, 5.41) is 17.9. The highest BCUT2D eigenvalue weighted by Gasteiger charge is 2.16. The number of nitriles is 1. The van der Waals surface area contributed by atoms with E-state index in [4.69, 9.17) is 5.26 Å². The van der Waals surface area contributed by atoms with Gasteiger partial charge >= 0.3 is 0 Å². The molecular weight excluding hydrogens is 346 g/mol. The molecule has 28 heavy (non-hydrogen) atoms. The van der Waals surface area contributed by atoms with Gasteiger partial charge in [0, 0.05) is 32.1 Å². The van der Waals surface area contributed by atoms with Gasteiger partial charge in [-0.25, -0.2) is 0 Å². The summed E-state index contributed by atoms with van der Waals surface area (Å²) in [5.41, 5.74) is 4.57. The molecule has 0 atom stereocenters. The molecule has 4 rings (SSSR count). The number of benzene rings is 2. The van der Waals surface area contributed by atoms with Gasteiger partial charge in [0.25, 0.3) is 0 Å². The second-order valence-corrected chi connectivity index (χ2v) is 7.44. The Balaban J connectivity index is 1.29. The minimum atomic E-state index is 0.761. The van der Waals surface area contributed by atoms with E-state index in [0.717, 1.165) is 68.1 Å². The van der Waals surface area contributed by atoms with Crippen LogP contribution in [-0.2, 0) is 26.4 Å². The van der Waals surface area contributed by atoms with Gasteiger partial charge in [0.2, 0.25) is 0 Å². The van der Waals surface area contributed by atoms with Gasteiger partial charge in [-0.1, -0.05) is 36.4 Å². The van der Waals surface area contributed by atoms with Gasteiger partial charge in [-0.3, -0.25) is 4.90 Å². The molecule has 0 unspecified atom stereocenters. The third kappa shape index (κ3) is 3.97. The van der Waals surface area contributed by atoms with Crippen LogP contribution in [0.5, 0.6) is 0 Å². The Morgan fingerprint density at radius 1 is 1.04 bits per heavy atom. The maximum atomic E-state index is 9.11. The highest BCUT2D eigenvalue weighted by molar-refractivity contribution is 5.54. The molecule has 1 aliphatic heterocycles. The Hall–Kier alpha value is -2.97. The molecule has 5 nitrogen and oxygen atoms in total. The Kier molecular flexibility index (Phi) is 5.50. The average molecular weight is 371 g/mol. The fourth-order valence-electron chi connectivity index (χ4n) is 3.91. The summed E-state index contributed by atoms with van der Waals surface area (Å²) in [7, 11) is 2.05. The fraction of sp³-hybridized carbons (Fsp3) is 0.348. The van der Waals surface area contributed by atoms with Gasteiger partial charge in [-0.15, -0.1) is 10.2 Å². The maximum absolute atomic E-state index is 9.11. The first-order valence-electron chi connectivity index (χ1n) is 9.92. The van der Waals surface area contributed by atoms with Crippen molar-refractivity contribution >= 4 is 0 Å². The molecule has 0 aliphatic carbocycles. The molecule has 1 aromatic heterocycles. The van der Waals surface area contributed by atoms with E-state index in [0.29, 0.717) is 0 Å². The molecule has 0 fully saturated rings. The number of fused-ring (bicyclic) bond motifs is 1. The first-order chi connectivity index (χ1) is 13.7. The predicted octanol–water partition coefficient (Wildman–Crippen LogP) is 3.73. The molecule has 0 bridgehead atoms. The molecule has 0 saturated heterocycles. The molecule has 0 amide bonds. The molecule has 0 saturated carbocycles. The minimum Gasteiger partial charge on any atom is -0.314 e. The molecule has 2 aromatic carbocycles. The molecule has 0 spiro atoms. The Morgan fingerprint density at radius 2 is 1.89 bits per heavy atom. The maximum Gasteiger partial charge on any atom is 0.163 e. The summed E-state index contributed by atoms with van der Waals surface area (Å²) < 4.78 is 2.11. The van der Waals surface area contributed by atoms with Crippen molar-refractivity contribution < 1.29 is 0 Å². The second kappa shape index (κ2) is 8.37. The van der Waals surface area contributed by atoms with Gasteiger partial charge in [0.1, 0.15) is 5.82 Å². The molecule has 3 aromatic rings. The van der Waals surface area contributed by atoms with E-state index in [1.54, 1.807) is 0 Å². The quantitative estimate of drug-likeness (QED) is 0.620. The lowest BCUT2D eigenvalue weighted by atomic mass is 9.97. The first-order valence-corrected chi connectivity index (χ1v) is 9.92. The molecule has 5 heteroatoms. The SMILES string of the molecule is Cn1c(CCCCN2CCc3ccc(C#N)cc3C2)nnc1-c1ccccc1. The first kappa shape index (κ1) is 18.4. The molecule has 1 aliphatic rings. The van der Waals surface area contributed by atoms with Crippen molar-refractivity contribution in [1.29, 1.82) is 5.26 Å². The van der Waals surface area contributed by atoms with Crippen molar-refractivity contribution in [3.05, 3.63) is 71.0 Å². The van der Waals surface area contributed by atoms with E-state index in [2.05, 4.69) is 43.9 Å². The summed E-state index contributed by atoms with van der Waals surface area (Å²) >= 11 is 0. The zero-order chi connectivity index (χ0) is 19.3. The number of hydrogen-bond donors (Lipinski definition) is 0. The van der Waals surface area contributed by atoms with Crippen molar-refractivity contribution in [3.8, 4) is 17.5 Å². The summed E-state index contributed by atoms with van der Waals surface area (Å²) in [6, 6.07) is 18.5. The average Bonchev–Trinajstić information content (AvgIpc) is 3.11. The topological polar surface area (TPSA) is 57.7 Å². The Morgan fingerprint density at radius 3 is 2.71 bits per heavy atom. The number of aryl methyl sites for hydroxylation is 1. The minimum absolute atomic E-state index is 0.761. The van der Waals surface area contributed by atoms with E-state index < -0.39 is 0 Å². The van der Waals surface area contributed by atoms with Crippen molar-refractivity contribution in [1.82, 2.24) is 19.7 Å². The van der Waals surface area contributed by atoms with E-state index >= 15 is 0 Å². The molecule has 142 valence electrons. The van der Waals surface area contributed by atoms with Crippen LogP contribution >= 0.6 is 0 Å². The van der Waals surface area contributed by atoms with Crippen LogP contribution in [0.3, 0.4) is 0 Å². The van der Waals surface area contributed by atoms with Crippen LogP contribution in [0.15, 0.2) is 48.5 Å². The van der Waals surface area contributed by atoms with Crippen LogP contribution in [0, 0.1) is 11.3 Å². The largest absolute Gasteiger partial charge is 0.314 e. The lowest BCUT2D eigenvalue weighted by Gasteiger charge is -2.28. The molecule has 0 N–H and O–H groups in total. The van der Waals surface area contributed by atoms with Crippen molar-refractivity contribution in [2.24, 2.45) is 7.05 Å². The summed E-state index contributed by atoms with van der Waals surface area (Å²) in [6.07, 6.45) is 4.26. The van der Waals surface area contributed by atoms with Gasteiger partial charge < -0.3 is 4.57 Å². The Bertz CT molecular complexity index is 984. The molecule has 2 heterocycles. The summed E-state index contributed by atoms with van der Waals surface area (Å²) in [5.74, 6) is 1.97. The van der Waals surface area contributed by atoms with Crippen LogP contribution < -0.4 is 0 Å². The normalized spacial score (nSPS) is 13.9. The number of nitrogens with zero attached hydrogens (tertiary/aromatic N) is 5. The molecular formula is C23H25N5. The lowest BCUT2D eigenvalue weighted by molar-refractivity contribution is 0.249. The summed E-state index contributed by atoms with van der Waals surface area (Å²) in [6.45, 7) is 3.13. The number of aromatic nitrogens is 3. The number of hydrogen-bond acceptors (Lipinski definition) is 4. The van der Waals surface area contributed by atoms with E-state index in [-0.39, 0.29) is 0 Å². The number of rotatable bonds is 6. The van der Waals surface area contributed by atoms with Gasteiger partial charge in [0.15, 0.2) is 5.82 Å². The van der Waals surface area contributed by atoms with Crippen LogP contribution in [0.2, 0.25) is 0 Å². The van der Waals surface area contributed by atoms with Crippen LogP contribution in [0.25, 0.3) is 11.4 Å². The van der Waals surface area contributed by atoms with Crippen molar-refractivity contribution in [2.75, 3.05) is 13.1 Å². The third-order valence-corrected chi connectivity index (χ3v) is 5.55. The fourth-order valence-corrected chi connectivity index (χ4v) is 3.91. The summed E-state index contributed by atoms with van der Waals surface area (Å²) in [4.78, 5) is 2.50. The highest BCUT2D eigenvalue weighted by atomic mass is 15.3. The van der Waals surface area contributed by atoms with Crippen molar-refractivity contribution in [2.45, 2.75) is 32.2 Å². The zero-order valence-electron chi connectivity index (χ0n) is 16.3. The van der Waals surface area contributed by atoms with Gasteiger partial charge in [0.05, 0.1) is 11.6 Å². The molecule has 0 radical (unpaired) electrons. The standard InChI is InChI=1S/C23H25N5/c1-27-22(25-26-23(27)20-7-3-2-4-8-20)9-5-6-13-28-14-12-19-11-10-18(16-24)15-21(19)17-28/h2-4,7-8,10-11,15H,5-6,9,12-14,17H2,1H3.